The van der Waals surface area contributed by atoms with Crippen LogP contribution in [0, 0.1) is 0 Å². The van der Waals surface area contributed by atoms with Crippen molar-refractivity contribution in [2.75, 3.05) is 44.2 Å². The Hall–Kier alpha value is -2.65. The van der Waals surface area contributed by atoms with E-state index in [4.69, 9.17) is 23.2 Å². The predicted molar refractivity (Wildman–Crippen MR) is 151 cm³/mol. The summed E-state index contributed by atoms with van der Waals surface area (Å²) in [5.74, 6) is -0.750. The SMILES string of the molecule is O=C1CCC(N2Cc3ccc(CN4CCC(N5CCN(c6cccc(Cl)c6Cl)CC5)CC4)cc3C2=O)C(=O)N1. The van der Waals surface area contributed by atoms with Gasteiger partial charge in [-0.1, -0.05) is 41.4 Å². The first-order valence-electron chi connectivity index (χ1n) is 13.8. The molecule has 2 aromatic carbocycles. The van der Waals surface area contributed by atoms with Gasteiger partial charge in [-0.15, -0.1) is 0 Å². The Labute approximate surface area is 238 Å². The van der Waals surface area contributed by atoms with Crippen LogP contribution in [-0.4, -0.2) is 83.8 Å². The number of nitrogens with one attached hydrogen (secondary N) is 1. The zero-order valence-corrected chi connectivity index (χ0v) is 23.4. The fourth-order valence-corrected chi connectivity index (χ4v) is 6.88. The molecule has 1 unspecified atom stereocenters. The molecule has 10 heteroatoms. The van der Waals surface area contributed by atoms with E-state index >= 15 is 0 Å². The standard InChI is InChI=1S/C29H33Cl2N5O3/c30-23-2-1-3-24(27(23)31)35-14-12-34(13-15-35)21-8-10-33(11-9-21)17-19-4-5-20-18-36(29(39)22(20)16-19)25-6-7-26(37)32-28(25)38/h1-5,16,21,25H,6-15,17-18H2,(H,32,37,38). The molecule has 0 aliphatic carbocycles. The second-order valence-electron chi connectivity index (χ2n) is 11.0. The van der Waals surface area contributed by atoms with E-state index in [2.05, 4.69) is 26.1 Å². The van der Waals surface area contributed by atoms with E-state index < -0.39 is 6.04 Å². The summed E-state index contributed by atoms with van der Waals surface area (Å²) in [6.45, 7) is 7.21. The molecule has 3 amide bonds. The molecule has 4 aliphatic rings. The largest absolute Gasteiger partial charge is 0.368 e. The zero-order valence-electron chi connectivity index (χ0n) is 21.9. The maximum atomic E-state index is 13.2. The van der Waals surface area contributed by atoms with Gasteiger partial charge in [-0.05, 0) is 61.7 Å². The van der Waals surface area contributed by atoms with Crippen LogP contribution < -0.4 is 10.2 Å². The first-order chi connectivity index (χ1) is 18.9. The molecule has 39 heavy (non-hydrogen) atoms. The summed E-state index contributed by atoms with van der Waals surface area (Å²) < 4.78 is 0. The fourth-order valence-electron chi connectivity index (χ4n) is 6.47. The maximum Gasteiger partial charge on any atom is 0.255 e. The van der Waals surface area contributed by atoms with Crippen molar-refractivity contribution in [1.82, 2.24) is 20.0 Å². The number of benzene rings is 2. The number of piperidine rings is 2. The van der Waals surface area contributed by atoms with Crippen LogP contribution in [0.25, 0.3) is 0 Å². The van der Waals surface area contributed by atoms with E-state index in [-0.39, 0.29) is 24.1 Å². The van der Waals surface area contributed by atoms with E-state index in [0.29, 0.717) is 34.6 Å². The van der Waals surface area contributed by atoms with Gasteiger partial charge in [0.1, 0.15) is 6.04 Å². The van der Waals surface area contributed by atoms with Crippen LogP contribution in [0.4, 0.5) is 5.69 Å². The number of hydrogen-bond donors (Lipinski definition) is 1. The Morgan fingerprint density at radius 3 is 2.41 bits per heavy atom. The molecule has 0 aromatic heterocycles. The molecule has 2 aromatic rings. The number of amides is 3. The molecule has 4 heterocycles. The second-order valence-corrected chi connectivity index (χ2v) is 11.8. The number of piperazine rings is 1. The maximum absolute atomic E-state index is 13.2. The molecular weight excluding hydrogens is 537 g/mol. The van der Waals surface area contributed by atoms with Gasteiger partial charge in [-0.2, -0.15) is 0 Å². The van der Waals surface area contributed by atoms with Gasteiger partial charge in [0.15, 0.2) is 0 Å². The van der Waals surface area contributed by atoms with E-state index in [1.165, 1.54) is 0 Å². The lowest BCUT2D eigenvalue weighted by Crippen LogP contribution is -2.53. The first kappa shape index (κ1) is 26.6. The van der Waals surface area contributed by atoms with Crippen LogP contribution in [0.3, 0.4) is 0 Å². The lowest BCUT2D eigenvalue weighted by Gasteiger charge is -2.43. The van der Waals surface area contributed by atoms with Crippen LogP contribution in [0.5, 0.6) is 0 Å². The number of rotatable bonds is 5. The zero-order chi connectivity index (χ0) is 27.1. The molecule has 1 N–H and O–H groups in total. The van der Waals surface area contributed by atoms with Crippen molar-refractivity contribution in [2.24, 2.45) is 0 Å². The third kappa shape index (κ3) is 5.40. The summed E-state index contributed by atoms with van der Waals surface area (Å²) >= 11 is 12.7. The molecule has 6 rings (SSSR count). The predicted octanol–water partition coefficient (Wildman–Crippen LogP) is 3.54. The number of carbonyl (C=O) groups excluding carboxylic acids is 3. The van der Waals surface area contributed by atoms with Gasteiger partial charge in [-0.3, -0.25) is 29.5 Å². The van der Waals surface area contributed by atoms with Crippen LogP contribution in [0.15, 0.2) is 36.4 Å². The minimum Gasteiger partial charge on any atom is -0.368 e. The monoisotopic (exact) mass is 569 g/mol. The number of carbonyl (C=O) groups is 3. The molecule has 206 valence electrons. The van der Waals surface area contributed by atoms with E-state index in [1.807, 2.05) is 30.3 Å². The Bertz CT molecular complexity index is 1290. The molecule has 0 saturated carbocycles. The van der Waals surface area contributed by atoms with Gasteiger partial charge in [0, 0.05) is 57.3 Å². The van der Waals surface area contributed by atoms with E-state index in [0.717, 1.165) is 75.5 Å². The topological polar surface area (TPSA) is 76.2 Å². The minimum atomic E-state index is -0.575. The van der Waals surface area contributed by atoms with Gasteiger partial charge in [-0.25, -0.2) is 0 Å². The van der Waals surface area contributed by atoms with Crippen molar-refractivity contribution in [3.05, 3.63) is 63.1 Å². The van der Waals surface area contributed by atoms with Gasteiger partial charge in [0.2, 0.25) is 11.8 Å². The van der Waals surface area contributed by atoms with Crippen LogP contribution in [0.2, 0.25) is 10.0 Å². The fraction of sp³-hybridized carbons (Fsp3) is 0.483. The Balaban J connectivity index is 1.00. The molecule has 0 bridgehead atoms. The number of likely N-dealkylation sites (tertiary alicyclic amines) is 1. The van der Waals surface area contributed by atoms with Gasteiger partial charge >= 0.3 is 0 Å². The van der Waals surface area contributed by atoms with Crippen molar-refractivity contribution in [3.63, 3.8) is 0 Å². The number of hydrogen-bond acceptors (Lipinski definition) is 6. The van der Waals surface area contributed by atoms with Crippen LogP contribution >= 0.6 is 23.2 Å². The lowest BCUT2D eigenvalue weighted by atomic mass is 10.0. The molecule has 3 saturated heterocycles. The number of imide groups is 1. The smallest absolute Gasteiger partial charge is 0.255 e. The molecule has 4 aliphatic heterocycles. The quantitative estimate of drug-likeness (QED) is 0.555. The molecule has 0 radical (unpaired) electrons. The molecule has 0 spiro atoms. The number of anilines is 1. The summed E-state index contributed by atoms with van der Waals surface area (Å²) in [5.41, 5.74) is 3.78. The van der Waals surface area contributed by atoms with Crippen LogP contribution in [-0.2, 0) is 22.7 Å². The average Bonchev–Trinajstić information content (AvgIpc) is 3.26. The van der Waals surface area contributed by atoms with Crippen molar-refractivity contribution < 1.29 is 14.4 Å². The number of halogens is 2. The van der Waals surface area contributed by atoms with Crippen LogP contribution in [0.1, 0.15) is 47.2 Å². The second kappa shape index (κ2) is 11.1. The first-order valence-corrected chi connectivity index (χ1v) is 14.5. The van der Waals surface area contributed by atoms with E-state index in [9.17, 15) is 14.4 Å². The summed E-state index contributed by atoms with van der Waals surface area (Å²) in [6.07, 6.45) is 2.91. The normalized spacial score (nSPS) is 23.3. The molecule has 8 nitrogen and oxygen atoms in total. The Morgan fingerprint density at radius 2 is 1.67 bits per heavy atom. The minimum absolute atomic E-state index is 0.113. The summed E-state index contributed by atoms with van der Waals surface area (Å²) in [5, 5.41) is 3.60. The highest BCUT2D eigenvalue weighted by Gasteiger charge is 2.39. The van der Waals surface area contributed by atoms with Crippen molar-refractivity contribution in [3.8, 4) is 0 Å². The van der Waals surface area contributed by atoms with E-state index in [1.54, 1.807) is 4.90 Å². The number of nitrogens with zero attached hydrogens (tertiary/aromatic N) is 4. The highest BCUT2D eigenvalue weighted by Crippen LogP contribution is 2.34. The Morgan fingerprint density at radius 1 is 0.897 bits per heavy atom. The van der Waals surface area contributed by atoms with Gasteiger partial charge < -0.3 is 9.80 Å². The van der Waals surface area contributed by atoms with Gasteiger partial charge in [0.25, 0.3) is 5.91 Å². The van der Waals surface area contributed by atoms with Gasteiger partial charge in [0.05, 0.1) is 15.7 Å². The average molecular weight is 571 g/mol. The third-order valence-electron chi connectivity index (χ3n) is 8.66. The molecule has 1 atom stereocenters. The third-order valence-corrected chi connectivity index (χ3v) is 9.47. The highest BCUT2D eigenvalue weighted by molar-refractivity contribution is 6.43. The van der Waals surface area contributed by atoms with Crippen molar-refractivity contribution >= 4 is 46.6 Å². The van der Waals surface area contributed by atoms with Crippen molar-refractivity contribution in [1.29, 1.82) is 0 Å². The number of fused-ring (bicyclic) bond motifs is 1. The Kier molecular flexibility index (Phi) is 7.55. The lowest BCUT2D eigenvalue weighted by molar-refractivity contribution is -0.136. The molecule has 3 fully saturated rings. The summed E-state index contributed by atoms with van der Waals surface area (Å²) in [7, 11) is 0. The summed E-state index contributed by atoms with van der Waals surface area (Å²) in [4.78, 5) is 46.0. The molecular formula is C29H33Cl2N5O3. The highest BCUT2D eigenvalue weighted by atomic mass is 35.5. The van der Waals surface area contributed by atoms with Crippen molar-refractivity contribution in [2.45, 2.75) is 50.9 Å². The summed E-state index contributed by atoms with van der Waals surface area (Å²) in [6, 6.07) is 12.0.